The Morgan fingerprint density at radius 2 is 1.88 bits per heavy atom. The number of aromatic nitrogens is 3. The summed E-state index contributed by atoms with van der Waals surface area (Å²) in [7, 11) is -2.04. The summed E-state index contributed by atoms with van der Waals surface area (Å²) >= 11 is 6.49. The molecule has 216 valence electrons. The Kier molecular flexibility index (Phi) is 7.68. The van der Waals surface area contributed by atoms with Crippen LogP contribution in [-0.4, -0.2) is 40.1 Å². The van der Waals surface area contributed by atoms with E-state index in [1.807, 2.05) is 0 Å². The van der Waals surface area contributed by atoms with E-state index in [0.29, 0.717) is 33.3 Å². The van der Waals surface area contributed by atoms with E-state index in [-0.39, 0.29) is 41.7 Å². The number of benzene rings is 2. The van der Waals surface area contributed by atoms with E-state index in [1.54, 1.807) is 31.3 Å². The van der Waals surface area contributed by atoms with Crippen LogP contribution in [0.3, 0.4) is 0 Å². The van der Waals surface area contributed by atoms with Gasteiger partial charge in [0.2, 0.25) is 10.0 Å². The maximum Gasteiger partial charge on any atom is 0.231 e. The number of aliphatic hydroxyl groups is 1. The minimum atomic E-state index is -3.67. The van der Waals surface area contributed by atoms with Crippen molar-refractivity contribution in [3.05, 3.63) is 76.1 Å². The van der Waals surface area contributed by atoms with Crippen molar-refractivity contribution in [2.24, 2.45) is 18.7 Å². The van der Waals surface area contributed by atoms with Gasteiger partial charge in [0.15, 0.2) is 5.82 Å². The third kappa shape index (κ3) is 6.08. The van der Waals surface area contributed by atoms with Gasteiger partial charge in [-0.1, -0.05) is 23.6 Å². The Hall–Kier alpha value is -4.07. The number of nitriles is 1. The van der Waals surface area contributed by atoms with Crippen LogP contribution in [0, 0.1) is 40.7 Å². The first-order chi connectivity index (χ1) is 19.7. The molecule has 2 aromatic carbocycles. The summed E-state index contributed by atoms with van der Waals surface area (Å²) in [4.78, 5) is 4.68. The van der Waals surface area contributed by atoms with Gasteiger partial charge in [0.05, 0.1) is 45.9 Å². The number of sulfonamides is 1. The Labute approximate surface area is 246 Å². The molecular formula is C29H25ClF2N6O3S. The number of fused-ring (bicyclic) bond motifs is 1. The van der Waals surface area contributed by atoms with Crippen molar-refractivity contribution in [1.29, 1.82) is 5.26 Å². The Morgan fingerprint density at radius 3 is 2.52 bits per heavy atom. The zero-order valence-corrected chi connectivity index (χ0v) is 24.1. The second-order valence-corrected chi connectivity index (χ2v) is 12.6. The molecule has 0 amide bonds. The van der Waals surface area contributed by atoms with Crippen LogP contribution < -0.4 is 10.5 Å². The molecule has 4 N–H and O–H groups in total. The van der Waals surface area contributed by atoms with Crippen LogP contribution in [-0.2, 0) is 23.5 Å². The third-order valence-corrected chi connectivity index (χ3v) is 7.82. The fraction of sp³-hybridized carbons (Fsp3) is 0.276. The molecule has 0 aliphatic heterocycles. The van der Waals surface area contributed by atoms with E-state index in [1.165, 1.54) is 16.8 Å². The van der Waals surface area contributed by atoms with Crippen LogP contribution in [0.1, 0.15) is 35.8 Å². The number of nitrogens with two attached hydrogens (primary N) is 1. The SMILES string of the molecule is Cn1nc(NS(C)(=O)=O)c2c(Cl)ccc(-c3ccc(C#CC4(O)CC(C#N)C4)nc3[C@@H](N)Cc3cc(F)cc(F)c3)c21. The second kappa shape index (κ2) is 11.0. The van der Waals surface area contributed by atoms with E-state index in [4.69, 9.17) is 22.6 Å². The lowest BCUT2D eigenvalue weighted by molar-refractivity contribution is -0.00239. The quantitative estimate of drug-likeness (QED) is 0.277. The number of nitrogens with one attached hydrogen (secondary N) is 1. The lowest BCUT2D eigenvalue weighted by Crippen LogP contribution is -2.41. The molecule has 0 saturated heterocycles. The molecule has 2 aromatic heterocycles. The highest BCUT2D eigenvalue weighted by molar-refractivity contribution is 7.92. The van der Waals surface area contributed by atoms with Gasteiger partial charge in [-0.3, -0.25) is 9.40 Å². The van der Waals surface area contributed by atoms with Crippen molar-refractivity contribution in [3.63, 3.8) is 0 Å². The molecule has 1 fully saturated rings. The third-order valence-electron chi connectivity index (χ3n) is 6.94. The molecule has 42 heavy (non-hydrogen) atoms. The highest BCUT2D eigenvalue weighted by atomic mass is 35.5. The molecule has 0 unspecified atom stereocenters. The second-order valence-electron chi connectivity index (χ2n) is 10.4. The highest BCUT2D eigenvalue weighted by Crippen LogP contribution is 2.40. The predicted molar refractivity (Wildman–Crippen MR) is 155 cm³/mol. The summed E-state index contributed by atoms with van der Waals surface area (Å²) in [6.45, 7) is 0. The molecule has 5 rings (SSSR count). The summed E-state index contributed by atoms with van der Waals surface area (Å²) < 4.78 is 55.7. The topological polar surface area (TPSA) is 147 Å². The van der Waals surface area contributed by atoms with Gasteiger partial charge >= 0.3 is 0 Å². The van der Waals surface area contributed by atoms with Crippen molar-refractivity contribution in [2.45, 2.75) is 30.9 Å². The first-order valence-electron chi connectivity index (χ1n) is 12.8. The maximum atomic E-state index is 13.9. The average Bonchev–Trinajstić information content (AvgIpc) is 3.20. The molecule has 13 heteroatoms. The summed E-state index contributed by atoms with van der Waals surface area (Å²) in [6, 6.07) is 11.1. The number of aryl methyl sites for hydroxylation is 1. The molecule has 1 atom stereocenters. The van der Waals surface area contributed by atoms with E-state index >= 15 is 0 Å². The molecule has 1 aliphatic rings. The fourth-order valence-electron chi connectivity index (χ4n) is 5.11. The number of hydrogen-bond donors (Lipinski definition) is 3. The minimum Gasteiger partial charge on any atom is -0.378 e. The number of pyridine rings is 1. The normalized spacial score (nSPS) is 19.0. The Bertz CT molecular complexity index is 1920. The lowest BCUT2D eigenvalue weighted by Gasteiger charge is -2.35. The molecular weight excluding hydrogens is 586 g/mol. The molecule has 9 nitrogen and oxygen atoms in total. The van der Waals surface area contributed by atoms with Crippen molar-refractivity contribution < 1.29 is 22.3 Å². The van der Waals surface area contributed by atoms with Gasteiger partial charge in [-0.2, -0.15) is 10.4 Å². The van der Waals surface area contributed by atoms with Crippen LogP contribution in [0.4, 0.5) is 14.6 Å². The van der Waals surface area contributed by atoms with E-state index in [9.17, 15) is 22.3 Å². The molecule has 1 saturated carbocycles. The van der Waals surface area contributed by atoms with Crippen LogP contribution in [0.15, 0.2) is 42.5 Å². The number of hydrogen-bond acceptors (Lipinski definition) is 7. The number of halogens is 3. The van der Waals surface area contributed by atoms with E-state index in [0.717, 1.165) is 12.3 Å². The molecule has 0 spiro atoms. The van der Waals surface area contributed by atoms with Crippen LogP contribution in [0.5, 0.6) is 0 Å². The van der Waals surface area contributed by atoms with Crippen molar-refractivity contribution in [2.75, 3.05) is 11.0 Å². The molecule has 0 radical (unpaired) electrons. The maximum absolute atomic E-state index is 13.9. The predicted octanol–water partition coefficient (Wildman–Crippen LogP) is 4.20. The van der Waals surface area contributed by atoms with E-state index < -0.39 is 33.3 Å². The van der Waals surface area contributed by atoms with Crippen molar-refractivity contribution in [1.82, 2.24) is 14.8 Å². The average molecular weight is 611 g/mol. The van der Waals surface area contributed by atoms with Gasteiger partial charge in [-0.05, 0) is 48.2 Å². The summed E-state index contributed by atoms with van der Waals surface area (Å²) in [6.07, 6.45) is 1.50. The van der Waals surface area contributed by atoms with E-state index in [2.05, 4.69) is 32.7 Å². The lowest BCUT2D eigenvalue weighted by atomic mass is 9.72. The highest BCUT2D eigenvalue weighted by Gasteiger charge is 2.41. The largest absolute Gasteiger partial charge is 0.378 e. The standard InChI is InChI=1S/C29H25ClF2N6O3S/c1-38-27-22(5-6-23(30)25(27)28(36-38)37-42(2,40)41)21-4-3-20(7-8-29(39)13-17(14-29)15-33)35-26(21)24(34)11-16-9-18(31)12-19(32)10-16/h3-6,9-10,12,17,24,39H,11,13-14,34H2,1-2H3,(H,36,37)/t17?,24-,29?/m0/s1. The first-order valence-corrected chi connectivity index (χ1v) is 15.0. The van der Waals surface area contributed by atoms with Gasteiger partial charge < -0.3 is 10.8 Å². The van der Waals surface area contributed by atoms with Gasteiger partial charge in [0, 0.05) is 37.1 Å². The van der Waals surface area contributed by atoms with Crippen molar-refractivity contribution in [3.8, 4) is 29.0 Å². The fourth-order valence-corrected chi connectivity index (χ4v) is 5.84. The zero-order valence-electron chi connectivity index (χ0n) is 22.5. The number of nitrogens with zero attached hydrogens (tertiary/aromatic N) is 4. The smallest absolute Gasteiger partial charge is 0.231 e. The molecule has 0 bridgehead atoms. The van der Waals surface area contributed by atoms with Gasteiger partial charge in [-0.15, -0.1) is 0 Å². The Morgan fingerprint density at radius 1 is 1.21 bits per heavy atom. The zero-order chi connectivity index (χ0) is 30.4. The summed E-state index contributed by atoms with van der Waals surface area (Å²) in [5, 5.41) is 24.5. The van der Waals surface area contributed by atoms with Gasteiger partial charge in [0.25, 0.3) is 0 Å². The molecule has 1 aliphatic carbocycles. The number of rotatable bonds is 6. The van der Waals surface area contributed by atoms with Gasteiger partial charge in [-0.25, -0.2) is 22.2 Å². The Balaban J connectivity index is 1.65. The monoisotopic (exact) mass is 610 g/mol. The van der Waals surface area contributed by atoms with Crippen LogP contribution in [0.25, 0.3) is 22.0 Å². The minimum absolute atomic E-state index is 0.0301. The first kappa shape index (κ1) is 29.4. The summed E-state index contributed by atoms with van der Waals surface area (Å²) in [5.41, 5.74) is 7.86. The summed E-state index contributed by atoms with van der Waals surface area (Å²) in [5.74, 6) is 3.96. The van der Waals surface area contributed by atoms with Crippen LogP contribution >= 0.6 is 11.6 Å². The van der Waals surface area contributed by atoms with Crippen LogP contribution in [0.2, 0.25) is 5.02 Å². The van der Waals surface area contributed by atoms with Gasteiger partial charge in [0.1, 0.15) is 22.9 Å². The molecule has 4 aromatic rings. The number of anilines is 1. The van der Waals surface area contributed by atoms with Crippen molar-refractivity contribution >= 4 is 38.3 Å². The molecule has 2 heterocycles.